The lowest BCUT2D eigenvalue weighted by Gasteiger charge is -2.15. The zero-order valence-electron chi connectivity index (χ0n) is 15.1. The molecule has 0 spiro atoms. The van der Waals surface area contributed by atoms with E-state index >= 15 is 0 Å². The predicted octanol–water partition coefficient (Wildman–Crippen LogP) is 2.98. The van der Waals surface area contributed by atoms with Crippen molar-refractivity contribution in [3.8, 4) is 0 Å². The molecule has 0 saturated heterocycles. The van der Waals surface area contributed by atoms with Crippen LogP contribution in [0.15, 0.2) is 27.2 Å². The molecular weight excluding hydrogens is 304 g/mol. The molecule has 1 aliphatic heterocycles. The summed E-state index contributed by atoms with van der Waals surface area (Å²) in [4.78, 5) is 4.25. The highest BCUT2D eigenvalue weighted by Crippen LogP contribution is 2.22. The van der Waals surface area contributed by atoms with Crippen LogP contribution in [0.5, 0.6) is 0 Å². The summed E-state index contributed by atoms with van der Waals surface area (Å²) in [6, 6.07) is 2.05. The summed E-state index contributed by atoms with van der Waals surface area (Å²) in [6.07, 6.45) is 6.39. The highest BCUT2D eigenvalue weighted by molar-refractivity contribution is 5.79. The van der Waals surface area contributed by atoms with Crippen molar-refractivity contribution in [3.05, 3.63) is 29.2 Å². The molecule has 0 aromatic carbocycles. The normalized spacial score (nSPS) is 15.5. The van der Waals surface area contributed by atoms with E-state index < -0.39 is 0 Å². The third kappa shape index (κ3) is 5.67. The molecule has 6 heteroatoms. The molecule has 6 nitrogen and oxygen atoms in total. The minimum absolute atomic E-state index is 0.479. The van der Waals surface area contributed by atoms with E-state index in [2.05, 4.69) is 40.7 Å². The lowest BCUT2D eigenvalue weighted by molar-refractivity contribution is 0.153. The number of guanidine groups is 1. The molecule has 2 N–H and O–H groups in total. The summed E-state index contributed by atoms with van der Waals surface area (Å²) < 4.78 is 10.7. The van der Waals surface area contributed by atoms with Gasteiger partial charge in [0.2, 0.25) is 0 Å². The van der Waals surface area contributed by atoms with Crippen molar-refractivity contribution in [2.75, 3.05) is 26.8 Å². The Bertz CT molecular complexity index is 547. The van der Waals surface area contributed by atoms with E-state index in [4.69, 9.17) is 9.26 Å². The fourth-order valence-corrected chi connectivity index (χ4v) is 2.84. The van der Waals surface area contributed by atoms with Crippen molar-refractivity contribution in [1.82, 2.24) is 15.8 Å². The summed E-state index contributed by atoms with van der Waals surface area (Å²) in [6.45, 7) is 7.39. The zero-order chi connectivity index (χ0) is 17.2. The maximum absolute atomic E-state index is 5.43. The fourth-order valence-electron chi connectivity index (χ4n) is 2.84. The summed E-state index contributed by atoms with van der Waals surface area (Å²) in [5.74, 6) is 2.10. The number of rotatable bonds is 8. The molecule has 0 unspecified atom stereocenters. The highest BCUT2D eigenvalue weighted by atomic mass is 16.5. The number of nitrogens with zero attached hydrogens (tertiary/aromatic N) is 2. The summed E-state index contributed by atoms with van der Waals surface area (Å²) in [5.41, 5.74) is 2.50. The molecule has 1 aromatic heterocycles. The zero-order valence-corrected chi connectivity index (χ0v) is 15.1. The summed E-state index contributed by atoms with van der Waals surface area (Å²) >= 11 is 0. The molecule has 134 valence electrons. The number of aromatic nitrogens is 1. The average molecular weight is 334 g/mol. The van der Waals surface area contributed by atoms with Crippen LogP contribution >= 0.6 is 0 Å². The number of hydrogen-bond donors (Lipinski definition) is 2. The van der Waals surface area contributed by atoms with Gasteiger partial charge in [-0.05, 0) is 25.7 Å². The second kappa shape index (κ2) is 10.1. The Kier molecular flexibility index (Phi) is 7.82. The third-order valence-electron chi connectivity index (χ3n) is 4.43. The van der Waals surface area contributed by atoms with Crippen molar-refractivity contribution in [3.63, 3.8) is 0 Å². The van der Waals surface area contributed by atoms with Gasteiger partial charge in [-0.15, -0.1) is 0 Å². The minimum atomic E-state index is 0.479. The number of hydrogen-bond acceptors (Lipinski definition) is 4. The Hall–Kier alpha value is -1.82. The van der Waals surface area contributed by atoms with Gasteiger partial charge in [0.1, 0.15) is 0 Å². The van der Waals surface area contributed by atoms with Gasteiger partial charge in [0.15, 0.2) is 11.7 Å². The molecule has 24 heavy (non-hydrogen) atoms. The van der Waals surface area contributed by atoms with Gasteiger partial charge in [0.25, 0.3) is 0 Å². The molecule has 0 fully saturated rings. The van der Waals surface area contributed by atoms with Gasteiger partial charge in [-0.1, -0.05) is 30.7 Å². The largest absolute Gasteiger partial charge is 0.377 e. The fraction of sp³-hybridized carbons (Fsp3) is 0.667. The predicted molar refractivity (Wildman–Crippen MR) is 96.2 cm³/mol. The Labute approximate surface area is 144 Å². The van der Waals surface area contributed by atoms with E-state index in [0.29, 0.717) is 12.5 Å². The maximum atomic E-state index is 5.43. The number of aliphatic imine (C=N–C) groups is 1. The quantitative estimate of drug-likeness (QED) is 0.434. The Morgan fingerprint density at radius 3 is 2.83 bits per heavy atom. The van der Waals surface area contributed by atoms with Crippen LogP contribution in [0.4, 0.5) is 0 Å². The van der Waals surface area contributed by atoms with Crippen molar-refractivity contribution >= 4 is 5.96 Å². The van der Waals surface area contributed by atoms with Gasteiger partial charge in [-0.25, -0.2) is 0 Å². The second-order valence-electron chi connectivity index (χ2n) is 6.02. The van der Waals surface area contributed by atoms with Crippen LogP contribution in [0.1, 0.15) is 56.9 Å². The molecule has 0 saturated carbocycles. The monoisotopic (exact) mass is 334 g/mol. The Morgan fingerprint density at radius 2 is 2.17 bits per heavy atom. The first kappa shape index (κ1) is 18.5. The van der Waals surface area contributed by atoms with E-state index in [1.807, 2.05) is 6.07 Å². The second-order valence-corrected chi connectivity index (χ2v) is 6.02. The summed E-state index contributed by atoms with van der Waals surface area (Å²) in [5, 5.41) is 10.8. The van der Waals surface area contributed by atoms with Crippen molar-refractivity contribution < 1.29 is 9.26 Å². The SMILES string of the molecule is CCC(CC)c1cc(CNC(=NC)NCCC2=CCOCC2)on1. The van der Waals surface area contributed by atoms with Crippen LogP contribution in [0.2, 0.25) is 0 Å². The van der Waals surface area contributed by atoms with Gasteiger partial charge in [-0.2, -0.15) is 0 Å². The molecule has 1 aromatic rings. The van der Waals surface area contributed by atoms with Crippen LogP contribution in [0, 0.1) is 0 Å². The van der Waals surface area contributed by atoms with Gasteiger partial charge >= 0.3 is 0 Å². The number of nitrogens with one attached hydrogen (secondary N) is 2. The van der Waals surface area contributed by atoms with Crippen molar-refractivity contribution in [2.24, 2.45) is 4.99 Å². The third-order valence-corrected chi connectivity index (χ3v) is 4.43. The molecule has 0 amide bonds. The van der Waals surface area contributed by atoms with Gasteiger partial charge in [-0.3, -0.25) is 4.99 Å². The smallest absolute Gasteiger partial charge is 0.191 e. The first-order valence-electron chi connectivity index (χ1n) is 8.92. The standard InChI is InChI=1S/C18H30N4O2/c1-4-15(5-2)17-12-16(24-22-17)13-21-18(19-3)20-9-6-14-7-10-23-11-8-14/h7,12,15H,4-6,8-11,13H2,1-3H3,(H2,19,20,21). The van der Waals surface area contributed by atoms with Crippen molar-refractivity contribution in [1.29, 1.82) is 0 Å². The molecule has 0 atom stereocenters. The van der Waals surface area contributed by atoms with Crippen LogP contribution in [-0.2, 0) is 11.3 Å². The van der Waals surface area contributed by atoms with Crippen LogP contribution < -0.4 is 10.6 Å². The minimum Gasteiger partial charge on any atom is -0.377 e. The average Bonchev–Trinajstić information content (AvgIpc) is 3.08. The highest BCUT2D eigenvalue weighted by Gasteiger charge is 2.13. The topological polar surface area (TPSA) is 71.7 Å². The van der Waals surface area contributed by atoms with Crippen LogP contribution in [0.3, 0.4) is 0 Å². The van der Waals surface area contributed by atoms with E-state index in [-0.39, 0.29) is 0 Å². The molecule has 0 bridgehead atoms. The van der Waals surface area contributed by atoms with E-state index in [9.17, 15) is 0 Å². The van der Waals surface area contributed by atoms with Crippen molar-refractivity contribution in [2.45, 2.75) is 52.0 Å². The molecule has 2 heterocycles. The first-order chi connectivity index (χ1) is 11.8. The van der Waals surface area contributed by atoms with Gasteiger partial charge in [0.05, 0.1) is 25.5 Å². The molecule has 0 radical (unpaired) electrons. The summed E-state index contributed by atoms with van der Waals surface area (Å²) in [7, 11) is 1.78. The van der Waals surface area contributed by atoms with E-state index in [1.165, 1.54) is 5.57 Å². The first-order valence-corrected chi connectivity index (χ1v) is 8.92. The molecular formula is C18H30N4O2. The van der Waals surface area contributed by atoms with Crippen LogP contribution in [0.25, 0.3) is 0 Å². The maximum Gasteiger partial charge on any atom is 0.191 e. The molecule has 0 aliphatic carbocycles. The van der Waals surface area contributed by atoms with E-state index in [0.717, 1.165) is 62.9 Å². The molecule has 1 aliphatic rings. The van der Waals surface area contributed by atoms with Crippen LogP contribution in [-0.4, -0.2) is 37.9 Å². The van der Waals surface area contributed by atoms with Gasteiger partial charge < -0.3 is 19.9 Å². The Morgan fingerprint density at radius 1 is 1.33 bits per heavy atom. The lowest BCUT2D eigenvalue weighted by atomic mass is 9.99. The lowest BCUT2D eigenvalue weighted by Crippen LogP contribution is -2.37. The molecule has 2 rings (SSSR count). The number of ether oxygens (including phenoxy) is 1. The van der Waals surface area contributed by atoms with Gasteiger partial charge in [0, 0.05) is 25.6 Å². The van der Waals surface area contributed by atoms with E-state index in [1.54, 1.807) is 7.05 Å². The Balaban J connectivity index is 1.74.